The molecule has 4 aromatic rings. The van der Waals surface area contributed by atoms with Crippen molar-refractivity contribution in [1.82, 2.24) is 9.97 Å². The first-order valence-corrected chi connectivity index (χ1v) is 7.02. The molecule has 5 nitrogen and oxygen atoms in total. The fourth-order valence-electron chi connectivity index (χ4n) is 2.16. The van der Waals surface area contributed by atoms with Gasteiger partial charge in [-0.15, -0.1) is 0 Å². The van der Waals surface area contributed by atoms with E-state index in [1.807, 2.05) is 18.2 Å². The zero-order valence-corrected chi connectivity index (χ0v) is 10.7. The number of imidazole rings is 1. The summed E-state index contributed by atoms with van der Waals surface area (Å²) < 4.78 is 7.08. The van der Waals surface area contributed by atoms with Crippen LogP contribution in [-0.4, -0.2) is 24.5 Å². The summed E-state index contributed by atoms with van der Waals surface area (Å²) >= 11 is -0.0701. The van der Waals surface area contributed by atoms with Crippen molar-refractivity contribution in [3.63, 3.8) is 0 Å². The summed E-state index contributed by atoms with van der Waals surface area (Å²) in [6.07, 6.45) is 0. The van der Waals surface area contributed by atoms with Gasteiger partial charge in [-0.2, -0.15) is 0 Å². The molecule has 0 amide bonds. The molecule has 3 heterocycles. The first kappa shape index (κ1) is 9.94. The standard InChI is InChI=1S/C12H6N2O3Se/c15-11-7-8-10(14-12(16)13-8)18-9(7)5-3-1-2-4-6(5)17-11/h1-4H,(H2,13,14,16). The van der Waals surface area contributed by atoms with Gasteiger partial charge >= 0.3 is 105 Å². The molecule has 0 unspecified atom stereocenters. The van der Waals surface area contributed by atoms with E-state index in [9.17, 15) is 9.59 Å². The van der Waals surface area contributed by atoms with Gasteiger partial charge in [0.2, 0.25) is 0 Å². The molecule has 3 aromatic heterocycles. The van der Waals surface area contributed by atoms with E-state index in [4.69, 9.17) is 4.42 Å². The van der Waals surface area contributed by atoms with Crippen LogP contribution in [0.25, 0.3) is 30.5 Å². The van der Waals surface area contributed by atoms with Crippen molar-refractivity contribution in [1.29, 1.82) is 0 Å². The van der Waals surface area contributed by atoms with E-state index in [0.717, 1.165) is 14.0 Å². The molecule has 0 aliphatic heterocycles. The summed E-state index contributed by atoms with van der Waals surface area (Å²) in [5, 5.41) is 1.44. The molecule has 0 radical (unpaired) electrons. The molecule has 2 N–H and O–H groups in total. The fourth-order valence-corrected chi connectivity index (χ4v) is 4.62. The van der Waals surface area contributed by atoms with E-state index < -0.39 is 0 Å². The molecular weight excluding hydrogens is 299 g/mol. The Hall–Kier alpha value is -2.04. The molecular formula is C12H6N2O3Se. The number of hydrogen-bond acceptors (Lipinski definition) is 3. The quantitative estimate of drug-likeness (QED) is 0.378. The zero-order valence-electron chi connectivity index (χ0n) is 8.94. The molecule has 6 heteroatoms. The van der Waals surface area contributed by atoms with E-state index in [1.165, 1.54) is 0 Å². The molecule has 0 aliphatic carbocycles. The first-order chi connectivity index (χ1) is 8.74. The fraction of sp³-hybridized carbons (Fsp3) is 0. The van der Waals surface area contributed by atoms with E-state index in [2.05, 4.69) is 9.97 Å². The Morgan fingerprint density at radius 1 is 1.11 bits per heavy atom. The van der Waals surface area contributed by atoms with Crippen molar-refractivity contribution < 1.29 is 4.42 Å². The van der Waals surface area contributed by atoms with E-state index in [-0.39, 0.29) is 25.8 Å². The third-order valence-corrected chi connectivity index (χ3v) is 5.30. The Balaban J connectivity index is 2.42. The minimum absolute atomic E-state index is 0.0701. The van der Waals surface area contributed by atoms with E-state index in [0.29, 0.717) is 16.5 Å². The number of hydrogen-bond donors (Lipinski definition) is 2. The Labute approximate surface area is 105 Å². The number of H-pyrrole nitrogens is 2. The van der Waals surface area contributed by atoms with Gasteiger partial charge in [0.1, 0.15) is 0 Å². The van der Waals surface area contributed by atoms with Crippen LogP contribution in [0.1, 0.15) is 0 Å². The van der Waals surface area contributed by atoms with Crippen molar-refractivity contribution in [3.05, 3.63) is 45.2 Å². The van der Waals surface area contributed by atoms with E-state index in [1.54, 1.807) is 6.07 Å². The van der Waals surface area contributed by atoms with Gasteiger partial charge in [-0.25, -0.2) is 0 Å². The number of para-hydroxylation sites is 1. The average molecular weight is 305 g/mol. The van der Waals surface area contributed by atoms with Crippen LogP contribution in [0.3, 0.4) is 0 Å². The maximum atomic E-state index is 12.0. The van der Waals surface area contributed by atoms with Crippen LogP contribution in [0, 0.1) is 0 Å². The number of rotatable bonds is 0. The molecule has 4 rings (SSSR count). The van der Waals surface area contributed by atoms with Crippen molar-refractivity contribution in [2.24, 2.45) is 0 Å². The van der Waals surface area contributed by atoms with Gasteiger partial charge in [-0.05, 0) is 0 Å². The van der Waals surface area contributed by atoms with Crippen LogP contribution in [0.2, 0.25) is 0 Å². The molecule has 0 saturated heterocycles. The molecule has 0 bridgehead atoms. The van der Waals surface area contributed by atoms with E-state index >= 15 is 0 Å². The Morgan fingerprint density at radius 2 is 1.94 bits per heavy atom. The van der Waals surface area contributed by atoms with Gasteiger partial charge in [0.05, 0.1) is 0 Å². The van der Waals surface area contributed by atoms with Crippen molar-refractivity contribution in [3.8, 4) is 0 Å². The van der Waals surface area contributed by atoms with Crippen LogP contribution in [0.4, 0.5) is 0 Å². The van der Waals surface area contributed by atoms with Gasteiger partial charge < -0.3 is 0 Å². The average Bonchev–Trinajstić information content (AvgIpc) is 2.85. The third-order valence-electron chi connectivity index (χ3n) is 2.91. The summed E-state index contributed by atoms with van der Waals surface area (Å²) in [4.78, 5) is 28.7. The monoisotopic (exact) mass is 306 g/mol. The van der Waals surface area contributed by atoms with Crippen molar-refractivity contribution in [2.45, 2.75) is 0 Å². The van der Waals surface area contributed by atoms with Crippen molar-refractivity contribution in [2.75, 3.05) is 0 Å². The molecule has 1 aromatic carbocycles. The van der Waals surface area contributed by atoms with Gasteiger partial charge in [0, 0.05) is 0 Å². The van der Waals surface area contributed by atoms with Crippen LogP contribution in [0.15, 0.2) is 38.3 Å². The summed E-state index contributed by atoms with van der Waals surface area (Å²) in [5.74, 6) is 0. The molecule has 0 saturated carbocycles. The summed E-state index contributed by atoms with van der Waals surface area (Å²) in [6, 6.07) is 7.46. The first-order valence-electron chi connectivity index (χ1n) is 5.30. The van der Waals surface area contributed by atoms with Gasteiger partial charge in [0.25, 0.3) is 0 Å². The van der Waals surface area contributed by atoms with Crippen molar-refractivity contribution >= 4 is 45.0 Å². The topological polar surface area (TPSA) is 78.9 Å². The molecule has 0 atom stereocenters. The van der Waals surface area contributed by atoms with Crippen LogP contribution in [0.5, 0.6) is 0 Å². The predicted molar refractivity (Wildman–Crippen MR) is 69.4 cm³/mol. The van der Waals surface area contributed by atoms with Crippen LogP contribution in [-0.2, 0) is 0 Å². The van der Waals surface area contributed by atoms with Crippen LogP contribution < -0.4 is 11.3 Å². The Kier molecular flexibility index (Phi) is 1.79. The SMILES string of the molecule is O=c1[nH]c2[se]c3c4ccccc4oc(=O)c3c2[nH]1. The molecule has 18 heavy (non-hydrogen) atoms. The minimum atomic E-state index is -0.389. The van der Waals surface area contributed by atoms with Gasteiger partial charge in [-0.1, -0.05) is 0 Å². The number of benzene rings is 1. The number of aromatic nitrogens is 2. The summed E-state index contributed by atoms with van der Waals surface area (Å²) in [5.41, 5.74) is 0.518. The second kappa shape index (κ2) is 3.25. The zero-order chi connectivity index (χ0) is 12.3. The number of fused-ring (bicyclic) bond motifs is 5. The summed E-state index contributed by atoms with van der Waals surface area (Å²) in [6.45, 7) is 0. The Morgan fingerprint density at radius 3 is 2.83 bits per heavy atom. The molecule has 0 spiro atoms. The number of aromatic amines is 2. The second-order valence-corrected chi connectivity index (χ2v) is 6.12. The van der Waals surface area contributed by atoms with Crippen LogP contribution >= 0.6 is 0 Å². The third kappa shape index (κ3) is 1.16. The Bertz CT molecular complexity index is 1020. The molecule has 88 valence electrons. The van der Waals surface area contributed by atoms with Gasteiger partial charge in [-0.3, -0.25) is 0 Å². The maximum absolute atomic E-state index is 12.0. The molecule has 0 fully saturated rings. The second-order valence-electron chi connectivity index (χ2n) is 3.98. The summed E-state index contributed by atoms with van der Waals surface area (Å²) in [7, 11) is 0. The predicted octanol–water partition coefficient (Wildman–Crippen LogP) is 1.17. The normalized spacial score (nSPS) is 11.8. The van der Waals surface area contributed by atoms with Gasteiger partial charge in [0.15, 0.2) is 0 Å². The molecule has 0 aliphatic rings. The number of nitrogens with one attached hydrogen (secondary N) is 2.